The molecule has 0 saturated carbocycles. The van der Waals surface area contributed by atoms with Crippen molar-refractivity contribution in [1.82, 2.24) is 4.98 Å². The summed E-state index contributed by atoms with van der Waals surface area (Å²) in [5.74, 6) is 1.39. The number of hydrogen-bond acceptors (Lipinski definition) is 5. The Bertz CT molecular complexity index is 1020. The number of nitrogens with one attached hydrogen (secondary N) is 1. The molecular formula is C22H23NO6. The minimum atomic E-state index is -0.999. The SMILES string of the molecule is COCC(C)OC1=CCC2C(COc3cccc4[nH]c(C(=O)O)cc34)=COC2=C1. The first-order valence-corrected chi connectivity index (χ1v) is 9.46. The van der Waals surface area contributed by atoms with Gasteiger partial charge in [-0.15, -0.1) is 0 Å². The van der Waals surface area contributed by atoms with Gasteiger partial charge in [-0.1, -0.05) is 6.07 Å². The largest absolute Gasteiger partial charge is 0.489 e. The van der Waals surface area contributed by atoms with Gasteiger partial charge in [0.1, 0.15) is 35.7 Å². The Morgan fingerprint density at radius 2 is 2.28 bits per heavy atom. The molecule has 0 radical (unpaired) electrons. The Morgan fingerprint density at radius 1 is 1.41 bits per heavy atom. The molecule has 1 aliphatic heterocycles. The van der Waals surface area contributed by atoms with Gasteiger partial charge in [0.25, 0.3) is 0 Å². The van der Waals surface area contributed by atoms with Crippen LogP contribution in [0.25, 0.3) is 10.9 Å². The highest BCUT2D eigenvalue weighted by Gasteiger charge is 2.30. The molecular weight excluding hydrogens is 374 g/mol. The van der Waals surface area contributed by atoms with Crippen LogP contribution in [-0.4, -0.2) is 42.5 Å². The molecule has 2 atom stereocenters. The minimum Gasteiger partial charge on any atom is -0.489 e. The highest BCUT2D eigenvalue weighted by atomic mass is 16.5. The van der Waals surface area contributed by atoms with Gasteiger partial charge in [0, 0.05) is 35.6 Å². The average Bonchev–Trinajstić information content (AvgIpc) is 3.30. The van der Waals surface area contributed by atoms with Gasteiger partial charge in [-0.2, -0.15) is 0 Å². The molecule has 29 heavy (non-hydrogen) atoms. The molecule has 7 nitrogen and oxygen atoms in total. The number of allylic oxidation sites excluding steroid dienone is 3. The number of carboxylic acid groups (broad SMARTS) is 1. The molecule has 2 aromatic rings. The lowest BCUT2D eigenvalue weighted by Gasteiger charge is -2.21. The summed E-state index contributed by atoms with van der Waals surface area (Å²) in [6, 6.07) is 7.08. The van der Waals surface area contributed by atoms with Crippen molar-refractivity contribution in [2.75, 3.05) is 20.3 Å². The third kappa shape index (κ3) is 4.00. The van der Waals surface area contributed by atoms with Crippen molar-refractivity contribution in [1.29, 1.82) is 0 Å². The summed E-state index contributed by atoms with van der Waals surface area (Å²) in [7, 11) is 1.65. The Morgan fingerprint density at radius 3 is 3.07 bits per heavy atom. The molecule has 1 aromatic heterocycles. The molecule has 0 bridgehead atoms. The van der Waals surface area contributed by atoms with Crippen LogP contribution in [0.3, 0.4) is 0 Å². The molecule has 2 heterocycles. The van der Waals surface area contributed by atoms with Gasteiger partial charge >= 0.3 is 5.97 Å². The molecule has 152 valence electrons. The average molecular weight is 397 g/mol. The Balaban J connectivity index is 1.41. The minimum absolute atomic E-state index is 0.0330. The van der Waals surface area contributed by atoms with Crippen LogP contribution in [0, 0.1) is 5.92 Å². The zero-order valence-corrected chi connectivity index (χ0v) is 16.3. The second-order valence-electron chi connectivity index (χ2n) is 7.13. The fourth-order valence-corrected chi connectivity index (χ4v) is 3.57. The van der Waals surface area contributed by atoms with Gasteiger partial charge in [-0.3, -0.25) is 0 Å². The van der Waals surface area contributed by atoms with E-state index in [4.69, 9.17) is 18.9 Å². The van der Waals surface area contributed by atoms with Crippen molar-refractivity contribution in [2.24, 2.45) is 5.92 Å². The summed E-state index contributed by atoms with van der Waals surface area (Å²) >= 11 is 0. The van der Waals surface area contributed by atoms with E-state index in [1.165, 1.54) is 0 Å². The van der Waals surface area contributed by atoms with Crippen LogP contribution in [0.5, 0.6) is 5.75 Å². The van der Waals surface area contributed by atoms with Crippen LogP contribution in [0.15, 0.2) is 59.8 Å². The van der Waals surface area contributed by atoms with E-state index in [-0.39, 0.29) is 17.7 Å². The second kappa shape index (κ2) is 8.05. The van der Waals surface area contributed by atoms with E-state index in [9.17, 15) is 9.90 Å². The lowest BCUT2D eigenvalue weighted by Crippen LogP contribution is -2.17. The van der Waals surface area contributed by atoms with Gasteiger partial charge in [-0.05, 0) is 37.6 Å². The van der Waals surface area contributed by atoms with Gasteiger partial charge in [0.2, 0.25) is 0 Å². The van der Waals surface area contributed by atoms with Gasteiger partial charge < -0.3 is 29.0 Å². The normalized spacial score (nSPS) is 19.0. The Labute approximate surface area is 168 Å². The molecule has 0 spiro atoms. The van der Waals surface area contributed by atoms with Crippen molar-refractivity contribution < 1.29 is 28.8 Å². The first-order valence-electron chi connectivity index (χ1n) is 9.46. The summed E-state index contributed by atoms with van der Waals surface area (Å²) < 4.78 is 22.7. The van der Waals surface area contributed by atoms with Gasteiger partial charge in [-0.25, -0.2) is 4.79 Å². The lowest BCUT2D eigenvalue weighted by atomic mass is 9.92. The van der Waals surface area contributed by atoms with E-state index < -0.39 is 5.97 Å². The van der Waals surface area contributed by atoms with Crippen LogP contribution >= 0.6 is 0 Å². The molecule has 0 saturated heterocycles. The van der Waals surface area contributed by atoms with Crippen molar-refractivity contribution in [3.63, 3.8) is 0 Å². The fourth-order valence-electron chi connectivity index (χ4n) is 3.57. The number of hydrogen-bond donors (Lipinski definition) is 2. The molecule has 0 fully saturated rings. The molecule has 0 amide bonds. The maximum Gasteiger partial charge on any atom is 0.352 e. The van der Waals surface area contributed by atoms with Crippen LogP contribution in [0.4, 0.5) is 0 Å². The highest BCUT2D eigenvalue weighted by molar-refractivity contribution is 5.96. The zero-order valence-electron chi connectivity index (χ0n) is 16.3. The topological polar surface area (TPSA) is 90.0 Å². The van der Waals surface area contributed by atoms with Crippen molar-refractivity contribution in [3.05, 3.63) is 65.5 Å². The number of aromatic carboxylic acids is 1. The number of carboxylic acids is 1. The molecule has 1 aliphatic carbocycles. The first-order chi connectivity index (χ1) is 14.0. The van der Waals surface area contributed by atoms with Crippen LogP contribution in [0.1, 0.15) is 23.8 Å². The van der Waals surface area contributed by atoms with Crippen LogP contribution in [0.2, 0.25) is 0 Å². The van der Waals surface area contributed by atoms with E-state index in [0.717, 1.165) is 34.4 Å². The second-order valence-corrected chi connectivity index (χ2v) is 7.13. The number of benzene rings is 1. The first kappa shape index (κ1) is 19.1. The predicted molar refractivity (Wildman–Crippen MR) is 107 cm³/mol. The predicted octanol–water partition coefficient (Wildman–Crippen LogP) is 4.00. The third-order valence-electron chi connectivity index (χ3n) is 4.96. The number of rotatable bonds is 8. The summed E-state index contributed by atoms with van der Waals surface area (Å²) in [5, 5.41) is 9.93. The lowest BCUT2D eigenvalue weighted by molar-refractivity contribution is 0.0516. The Hall–Kier alpha value is -3.19. The number of ether oxygens (including phenoxy) is 4. The summed E-state index contributed by atoms with van der Waals surface area (Å²) in [4.78, 5) is 14.1. The monoisotopic (exact) mass is 397 g/mol. The van der Waals surface area contributed by atoms with Crippen LogP contribution < -0.4 is 4.74 Å². The zero-order chi connectivity index (χ0) is 20.4. The molecule has 7 heteroatoms. The van der Waals surface area contributed by atoms with Crippen molar-refractivity contribution in [2.45, 2.75) is 19.4 Å². The van der Waals surface area contributed by atoms with Crippen molar-refractivity contribution >= 4 is 16.9 Å². The van der Waals surface area contributed by atoms with E-state index >= 15 is 0 Å². The van der Waals surface area contributed by atoms with E-state index in [2.05, 4.69) is 11.1 Å². The van der Waals surface area contributed by atoms with E-state index in [1.54, 1.807) is 19.4 Å². The number of aromatic amines is 1. The molecule has 1 aromatic carbocycles. The Kier molecular flexibility index (Phi) is 5.31. The summed E-state index contributed by atoms with van der Waals surface area (Å²) in [5.41, 5.74) is 1.89. The summed E-state index contributed by atoms with van der Waals surface area (Å²) in [6.07, 6.45) is 6.43. The molecule has 4 rings (SSSR count). The molecule has 2 unspecified atom stereocenters. The molecule has 2 N–H and O–H groups in total. The third-order valence-corrected chi connectivity index (χ3v) is 4.96. The number of aromatic nitrogens is 1. The number of methoxy groups -OCH3 is 1. The van der Waals surface area contributed by atoms with Crippen molar-refractivity contribution in [3.8, 4) is 5.75 Å². The maximum absolute atomic E-state index is 11.2. The standard InChI is InChI=1S/C22H23NO6/c1-13(10-26-2)29-15-6-7-16-14(12-28-21(16)8-15)11-27-20-5-3-4-18-17(20)9-19(23-18)22(24)25/h3-6,8-9,12-13,16,23H,7,10-11H2,1-2H3,(H,24,25). The number of fused-ring (bicyclic) bond motifs is 2. The van der Waals surface area contributed by atoms with E-state index in [0.29, 0.717) is 19.0 Å². The van der Waals surface area contributed by atoms with E-state index in [1.807, 2.05) is 31.2 Å². The fraction of sp³-hybridized carbons (Fsp3) is 0.318. The smallest absolute Gasteiger partial charge is 0.352 e. The van der Waals surface area contributed by atoms with Crippen LogP contribution in [-0.2, 0) is 14.2 Å². The quantitative estimate of drug-likeness (QED) is 0.700. The van der Waals surface area contributed by atoms with Gasteiger partial charge in [0.05, 0.1) is 12.9 Å². The maximum atomic E-state index is 11.2. The number of carbonyl (C=O) groups is 1. The molecule has 2 aliphatic rings. The number of H-pyrrole nitrogens is 1. The highest BCUT2D eigenvalue weighted by Crippen LogP contribution is 2.37. The van der Waals surface area contributed by atoms with Gasteiger partial charge in [0.15, 0.2) is 0 Å². The summed E-state index contributed by atoms with van der Waals surface area (Å²) in [6.45, 7) is 2.84.